The van der Waals surface area contributed by atoms with Gasteiger partial charge in [-0.05, 0) is 99.5 Å². The molecule has 0 aliphatic heterocycles. The molecule has 6 heteroatoms. The molecule has 35 heavy (non-hydrogen) atoms. The lowest BCUT2D eigenvalue weighted by Gasteiger charge is -2.45. The molecule has 1 unspecified atom stereocenters. The summed E-state index contributed by atoms with van der Waals surface area (Å²) in [5.74, 6) is 0.507. The van der Waals surface area contributed by atoms with Crippen LogP contribution in [0.25, 0.3) is 0 Å². The number of esters is 1. The molecule has 0 aromatic rings. The fourth-order valence-electron chi connectivity index (χ4n) is 7.05. The standard InChI is InChI=1S/C29H46O6/c1-18(13-15-28(4,33)29(5,34)26(32)35-6)23-11-12-24-20(8-7-14-27(23,24)3)9-10-21-16-22(30)17-25(31)19(21)2/h9-10,18,22-25,30-31,33-34H,2,7-8,11-17H2,1,3-6H3/t18-,22-,23-,24+,25+,27-,28-,29?/m1/s1. The summed E-state index contributed by atoms with van der Waals surface area (Å²) in [5.41, 5.74) is -0.251. The van der Waals surface area contributed by atoms with Crippen molar-refractivity contribution < 1.29 is 30.0 Å². The van der Waals surface area contributed by atoms with Gasteiger partial charge in [-0.25, -0.2) is 4.79 Å². The van der Waals surface area contributed by atoms with Crippen LogP contribution in [-0.4, -0.2) is 56.9 Å². The minimum Gasteiger partial charge on any atom is -0.467 e. The Labute approximate surface area is 210 Å². The average molecular weight is 491 g/mol. The van der Waals surface area contributed by atoms with Crippen molar-refractivity contribution in [3.8, 4) is 0 Å². The Kier molecular flexibility index (Phi) is 8.42. The van der Waals surface area contributed by atoms with Crippen LogP contribution < -0.4 is 0 Å². The molecule has 6 nitrogen and oxygen atoms in total. The van der Waals surface area contributed by atoms with Crippen LogP contribution >= 0.6 is 0 Å². The van der Waals surface area contributed by atoms with E-state index in [1.54, 1.807) is 0 Å². The van der Waals surface area contributed by atoms with E-state index in [9.17, 15) is 25.2 Å². The minimum atomic E-state index is -1.96. The van der Waals surface area contributed by atoms with Gasteiger partial charge in [-0.2, -0.15) is 0 Å². The molecule has 3 saturated carbocycles. The molecule has 0 spiro atoms. The highest BCUT2D eigenvalue weighted by Gasteiger charge is 2.52. The van der Waals surface area contributed by atoms with E-state index in [1.165, 1.54) is 33.0 Å². The molecular weight excluding hydrogens is 444 g/mol. The van der Waals surface area contributed by atoms with Crippen molar-refractivity contribution in [2.24, 2.45) is 23.2 Å². The van der Waals surface area contributed by atoms with E-state index < -0.39 is 29.4 Å². The number of aliphatic hydroxyl groups is 4. The van der Waals surface area contributed by atoms with Crippen molar-refractivity contribution in [3.05, 3.63) is 35.5 Å². The molecule has 3 rings (SSSR count). The molecule has 4 N–H and O–H groups in total. The van der Waals surface area contributed by atoms with Crippen LogP contribution in [-0.2, 0) is 9.53 Å². The summed E-state index contributed by atoms with van der Waals surface area (Å²) in [5, 5.41) is 41.8. The summed E-state index contributed by atoms with van der Waals surface area (Å²) in [6.07, 6.45) is 10.6. The topological polar surface area (TPSA) is 107 Å². The summed E-state index contributed by atoms with van der Waals surface area (Å²) in [7, 11) is 1.22. The van der Waals surface area contributed by atoms with E-state index in [2.05, 4.69) is 32.6 Å². The molecule has 0 bridgehead atoms. The predicted octanol–water partition coefficient (Wildman–Crippen LogP) is 4.22. The highest BCUT2D eigenvalue weighted by atomic mass is 16.5. The first-order chi connectivity index (χ1) is 16.2. The van der Waals surface area contributed by atoms with Gasteiger partial charge in [-0.1, -0.05) is 38.2 Å². The normalized spacial score (nSPS) is 38.0. The Morgan fingerprint density at radius 1 is 1.26 bits per heavy atom. The van der Waals surface area contributed by atoms with Gasteiger partial charge in [-0.15, -0.1) is 0 Å². The van der Waals surface area contributed by atoms with Crippen molar-refractivity contribution >= 4 is 5.97 Å². The van der Waals surface area contributed by atoms with E-state index >= 15 is 0 Å². The lowest BCUT2D eigenvalue weighted by Crippen LogP contribution is -2.56. The quantitative estimate of drug-likeness (QED) is 0.398. The molecule has 3 fully saturated rings. The van der Waals surface area contributed by atoms with Crippen LogP contribution in [0.1, 0.15) is 85.5 Å². The second kappa shape index (κ2) is 10.5. The first kappa shape index (κ1) is 28.1. The SMILES string of the molecule is C=C1C(=CC=C2CCC[C@]3(C)[C@@H]([C@H](C)CC[C@@](C)(O)C(C)(O)C(=O)OC)CC[C@@H]23)C[C@@H](O)C[C@@H]1O. The van der Waals surface area contributed by atoms with E-state index in [1.807, 2.05) is 0 Å². The maximum Gasteiger partial charge on any atom is 0.340 e. The van der Waals surface area contributed by atoms with Gasteiger partial charge in [0.15, 0.2) is 5.60 Å². The van der Waals surface area contributed by atoms with E-state index in [4.69, 9.17) is 4.74 Å². The third-order valence-electron chi connectivity index (χ3n) is 9.71. The van der Waals surface area contributed by atoms with Crippen molar-refractivity contribution in [1.82, 2.24) is 0 Å². The largest absolute Gasteiger partial charge is 0.467 e. The zero-order valence-electron chi connectivity index (χ0n) is 22.2. The second-order valence-corrected chi connectivity index (χ2v) is 12.0. The number of fused-ring (bicyclic) bond motifs is 1. The summed E-state index contributed by atoms with van der Waals surface area (Å²) in [6, 6.07) is 0. The first-order valence-corrected chi connectivity index (χ1v) is 13.2. The average Bonchev–Trinajstić information content (AvgIpc) is 3.15. The first-order valence-electron chi connectivity index (χ1n) is 13.2. The third kappa shape index (κ3) is 5.46. The molecule has 198 valence electrons. The zero-order chi connectivity index (χ0) is 26.2. The van der Waals surface area contributed by atoms with Crippen LogP contribution in [0.4, 0.5) is 0 Å². The third-order valence-corrected chi connectivity index (χ3v) is 9.71. The van der Waals surface area contributed by atoms with Crippen LogP contribution in [0.15, 0.2) is 35.5 Å². The van der Waals surface area contributed by atoms with Gasteiger partial charge in [0.2, 0.25) is 0 Å². The van der Waals surface area contributed by atoms with Crippen molar-refractivity contribution in [3.63, 3.8) is 0 Å². The maximum atomic E-state index is 12.0. The maximum absolute atomic E-state index is 12.0. The van der Waals surface area contributed by atoms with Crippen LogP contribution in [0, 0.1) is 23.2 Å². The number of allylic oxidation sites excluding steroid dienone is 3. The Morgan fingerprint density at radius 3 is 2.60 bits per heavy atom. The predicted molar refractivity (Wildman–Crippen MR) is 136 cm³/mol. The van der Waals surface area contributed by atoms with Gasteiger partial charge in [-0.3, -0.25) is 0 Å². The van der Waals surface area contributed by atoms with Gasteiger partial charge in [0.25, 0.3) is 0 Å². The number of ether oxygens (including phenoxy) is 1. The van der Waals surface area contributed by atoms with Crippen LogP contribution in [0.5, 0.6) is 0 Å². The Morgan fingerprint density at radius 2 is 1.94 bits per heavy atom. The van der Waals surface area contributed by atoms with Crippen molar-refractivity contribution in [2.45, 2.75) is 109 Å². The summed E-state index contributed by atoms with van der Waals surface area (Å²) < 4.78 is 4.70. The van der Waals surface area contributed by atoms with Crippen molar-refractivity contribution in [2.75, 3.05) is 7.11 Å². The molecule has 8 atom stereocenters. The van der Waals surface area contributed by atoms with Crippen molar-refractivity contribution in [1.29, 1.82) is 0 Å². The minimum absolute atomic E-state index is 0.168. The van der Waals surface area contributed by atoms with Gasteiger partial charge in [0, 0.05) is 6.42 Å². The number of rotatable bonds is 7. The van der Waals surface area contributed by atoms with Gasteiger partial charge >= 0.3 is 5.97 Å². The fraction of sp³-hybridized carbons (Fsp3) is 0.759. The second-order valence-electron chi connectivity index (χ2n) is 12.0. The number of methoxy groups -OCH3 is 1. The Bertz CT molecular complexity index is 868. The monoisotopic (exact) mass is 490 g/mol. The number of hydrogen-bond donors (Lipinski definition) is 4. The van der Waals surface area contributed by atoms with Gasteiger partial charge in [0.1, 0.15) is 5.60 Å². The number of hydrogen-bond acceptors (Lipinski definition) is 6. The molecule has 0 aromatic heterocycles. The van der Waals surface area contributed by atoms with E-state index in [0.29, 0.717) is 43.4 Å². The lowest BCUT2D eigenvalue weighted by molar-refractivity contribution is -0.190. The van der Waals surface area contributed by atoms with Crippen LogP contribution in [0.2, 0.25) is 0 Å². The number of aliphatic hydroxyl groups excluding tert-OH is 2. The summed E-state index contributed by atoms with van der Waals surface area (Å²) in [4.78, 5) is 12.0. The highest BCUT2D eigenvalue weighted by molar-refractivity contribution is 5.80. The Hall–Kier alpha value is -1.47. The summed E-state index contributed by atoms with van der Waals surface area (Å²) in [6.45, 7) is 11.5. The number of carbonyl (C=O) groups is 1. The zero-order valence-corrected chi connectivity index (χ0v) is 22.2. The Balaban J connectivity index is 1.72. The number of carbonyl (C=O) groups excluding carboxylic acids is 1. The molecule has 0 radical (unpaired) electrons. The smallest absolute Gasteiger partial charge is 0.340 e. The molecule has 3 aliphatic carbocycles. The highest BCUT2D eigenvalue weighted by Crippen LogP contribution is 2.60. The molecular formula is C29H46O6. The van der Waals surface area contributed by atoms with E-state index in [0.717, 1.165) is 36.8 Å². The molecule has 0 saturated heterocycles. The van der Waals surface area contributed by atoms with Gasteiger partial charge < -0.3 is 25.2 Å². The van der Waals surface area contributed by atoms with Crippen LogP contribution in [0.3, 0.4) is 0 Å². The van der Waals surface area contributed by atoms with Gasteiger partial charge in [0.05, 0.1) is 19.3 Å². The summed E-state index contributed by atoms with van der Waals surface area (Å²) >= 11 is 0. The lowest BCUT2D eigenvalue weighted by atomic mass is 9.60. The van der Waals surface area contributed by atoms with E-state index in [-0.39, 0.29) is 5.41 Å². The fourth-order valence-corrected chi connectivity index (χ4v) is 7.05. The molecule has 0 amide bonds. The molecule has 0 aromatic carbocycles. The molecule has 0 heterocycles. The molecule has 3 aliphatic rings.